The van der Waals surface area contributed by atoms with E-state index in [1.54, 1.807) is 0 Å². The smallest absolute Gasteiger partial charge is 0.331 e. The summed E-state index contributed by atoms with van der Waals surface area (Å²) in [5.41, 5.74) is 0. The molecule has 0 aromatic carbocycles. The van der Waals surface area contributed by atoms with Crippen molar-refractivity contribution in [3.8, 4) is 0 Å². The number of carbonyl (C=O) groups is 2. The summed E-state index contributed by atoms with van der Waals surface area (Å²) in [4.78, 5) is 25.2. The third-order valence-corrected chi connectivity index (χ3v) is 3.09. The van der Waals surface area contributed by atoms with Crippen LogP contribution in [0.25, 0.3) is 0 Å². The maximum Gasteiger partial charge on any atom is 0.331 e. The number of carbonyl (C=O) groups excluding carboxylic acids is 2. The lowest BCUT2D eigenvalue weighted by Gasteiger charge is -2.34. The Morgan fingerprint density at radius 3 is 2.82 bits per heavy atom. The van der Waals surface area contributed by atoms with Crippen LogP contribution in [0.5, 0.6) is 0 Å². The highest BCUT2D eigenvalue weighted by atomic mass is 16.5. The molecule has 0 N–H and O–H groups in total. The van der Waals surface area contributed by atoms with Crippen LogP contribution in [-0.2, 0) is 23.8 Å². The van der Waals surface area contributed by atoms with E-state index in [2.05, 4.69) is 4.74 Å². The topological polar surface area (TPSA) is 65.1 Å². The first-order chi connectivity index (χ1) is 8.24. The van der Waals surface area contributed by atoms with Gasteiger partial charge in [0.25, 0.3) is 5.91 Å². The normalized spacial score (nSPS) is 29.1. The van der Waals surface area contributed by atoms with E-state index < -0.39 is 18.1 Å². The van der Waals surface area contributed by atoms with Crippen molar-refractivity contribution >= 4 is 11.9 Å². The average Bonchev–Trinajstić information content (AvgIpc) is 2.91. The number of methoxy groups -OCH3 is 1. The second-order valence-electron chi connectivity index (χ2n) is 4.15. The lowest BCUT2D eigenvalue weighted by atomic mass is 10.1. The molecule has 6 heteroatoms. The minimum Gasteiger partial charge on any atom is -0.467 e. The van der Waals surface area contributed by atoms with Crippen molar-refractivity contribution in [1.29, 1.82) is 0 Å². The lowest BCUT2D eigenvalue weighted by molar-refractivity contribution is -0.164. The van der Waals surface area contributed by atoms with Gasteiger partial charge in [0.05, 0.1) is 20.3 Å². The molecule has 2 rings (SSSR count). The van der Waals surface area contributed by atoms with Crippen molar-refractivity contribution in [2.75, 3.05) is 33.5 Å². The van der Waals surface area contributed by atoms with E-state index >= 15 is 0 Å². The maximum atomic E-state index is 12.2. The number of rotatable bonds is 2. The van der Waals surface area contributed by atoms with Crippen LogP contribution in [-0.4, -0.2) is 62.4 Å². The first-order valence-corrected chi connectivity index (χ1v) is 5.81. The van der Waals surface area contributed by atoms with Crippen LogP contribution < -0.4 is 0 Å². The van der Waals surface area contributed by atoms with Crippen LogP contribution in [0, 0.1) is 0 Å². The summed E-state index contributed by atoms with van der Waals surface area (Å²) in [5, 5.41) is 0. The van der Waals surface area contributed by atoms with Crippen LogP contribution in [0.4, 0.5) is 0 Å². The predicted octanol–water partition coefficient (Wildman–Crippen LogP) is -0.434. The van der Waals surface area contributed by atoms with E-state index in [-0.39, 0.29) is 12.5 Å². The molecule has 0 aromatic rings. The molecule has 17 heavy (non-hydrogen) atoms. The molecule has 2 aliphatic rings. The number of amides is 1. The fourth-order valence-corrected chi connectivity index (χ4v) is 2.16. The number of hydrogen-bond acceptors (Lipinski definition) is 5. The molecule has 1 amide bonds. The summed E-state index contributed by atoms with van der Waals surface area (Å²) in [5.74, 6) is -0.558. The Morgan fingerprint density at radius 2 is 2.18 bits per heavy atom. The van der Waals surface area contributed by atoms with Gasteiger partial charge in [0, 0.05) is 13.2 Å². The van der Waals surface area contributed by atoms with Gasteiger partial charge in [-0.2, -0.15) is 0 Å². The van der Waals surface area contributed by atoms with Crippen molar-refractivity contribution in [2.45, 2.75) is 25.0 Å². The van der Waals surface area contributed by atoms with Crippen LogP contribution in [0.2, 0.25) is 0 Å². The van der Waals surface area contributed by atoms with E-state index in [1.807, 2.05) is 0 Å². The molecule has 2 fully saturated rings. The monoisotopic (exact) mass is 243 g/mol. The SMILES string of the molecule is COC(=O)C1COCCN1C(=O)[C@H]1CCCO1. The van der Waals surface area contributed by atoms with Crippen molar-refractivity contribution in [3.05, 3.63) is 0 Å². The van der Waals surface area contributed by atoms with Crippen LogP contribution in [0.1, 0.15) is 12.8 Å². The average molecular weight is 243 g/mol. The van der Waals surface area contributed by atoms with Crippen LogP contribution in [0.15, 0.2) is 0 Å². The van der Waals surface area contributed by atoms with Crippen molar-refractivity contribution in [2.24, 2.45) is 0 Å². The fraction of sp³-hybridized carbons (Fsp3) is 0.818. The highest BCUT2D eigenvalue weighted by Crippen LogP contribution is 2.18. The molecule has 2 aliphatic heterocycles. The number of esters is 1. The standard InChI is InChI=1S/C11H17NO5/c1-15-11(14)8-7-16-6-4-12(8)10(13)9-3-2-5-17-9/h8-9H,2-7H2,1H3/t8?,9-/m1/s1. The molecule has 0 saturated carbocycles. The highest BCUT2D eigenvalue weighted by molar-refractivity contribution is 5.87. The zero-order valence-corrected chi connectivity index (χ0v) is 9.89. The minimum absolute atomic E-state index is 0.124. The molecule has 96 valence electrons. The number of hydrogen-bond donors (Lipinski definition) is 0. The molecule has 0 bridgehead atoms. The summed E-state index contributed by atoms with van der Waals surface area (Å²) in [7, 11) is 1.31. The van der Waals surface area contributed by atoms with Gasteiger partial charge in [-0.15, -0.1) is 0 Å². The lowest BCUT2D eigenvalue weighted by Crippen LogP contribution is -2.55. The third-order valence-electron chi connectivity index (χ3n) is 3.09. The minimum atomic E-state index is -0.634. The van der Waals surface area contributed by atoms with Gasteiger partial charge in [-0.05, 0) is 12.8 Å². The predicted molar refractivity (Wildman–Crippen MR) is 57.3 cm³/mol. The number of ether oxygens (including phenoxy) is 3. The Balaban J connectivity index is 2.04. The largest absolute Gasteiger partial charge is 0.467 e. The zero-order chi connectivity index (χ0) is 12.3. The van der Waals surface area contributed by atoms with Crippen molar-refractivity contribution in [3.63, 3.8) is 0 Å². The van der Waals surface area contributed by atoms with Gasteiger partial charge in [0.15, 0.2) is 6.04 Å². The Labute approximate surface area is 99.8 Å². The first-order valence-electron chi connectivity index (χ1n) is 5.81. The van der Waals surface area contributed by atoms with Crippen LogP contribution in [0.3, 0.4) is 0 Å². The second kappa shape index (κ2) is 5.46. The summed E-state index contributed by atoms with van der Waals surface area (Å²) >= 11 is 0. The number of morpholine rings is 1. The van der Waals surface area contributed by atoms with Gasteiger partial charge in [0.2, 0.25) is 0 Å². The first kappa shape index (κ1) is 12.3. The van der Waals surface area contributed by atoms with Gasteiger partial charge in [0.1, 0.15) is 6.10 Å². The molecule has 2 saturated heterocycles. The Hall–Kier alpha value is -1.14. The second-order valence-corrected chi connectivity index (χ2v) is 4.15. The van der Waals surface area contributed by atoms with Gasteiger partial charge in [-0.1, -0.05) is 0 Å². The molecular weight excluding hydrogens is 226 g/mol. The van der Waals surface area contributed by atoms with Crippen LogP contribution >= 0.6 is 0 Å². The quantitative estimate of drug-likeness (QED) is 0.615. The van der Waals surface area contributed by atoms with Gasteiger partial charge < -0.3 is 19.1 Å². The maximum absolute atomic E-state index is 12.2. The summed E-state index contributed by atoms with van der Waals surface area (Å²) < 4.78 is 15.2. The highest BCUT2D eigenvalue weighted by Gasteiger charge is 2.38. The molecule has 0 aliphatic carbocycles. The van der Waals surface area contributed by atoms with Gasteiger partial charge in [-0.3, -0.25) is 4.79 Å². The molecule has 1 unspecified atom stereocenters. The third kappa shape index (κ3) is 2.58. The number of nitrogens with zero attached hydrogens (tertiary/aromatic N) is 1. The molecule has 0 aromatic heterocycles. The van der Waals surface area contributed by atoms with E-state index in [4.69, 9.17) is 9.47 Å². The Bertz CT molecular complexity index is 300. The van der Waals surface area contributed by atoms with Crippen molar-refractivity contribution < 1.29 is 23.8 Å². The summed E-state index contributed by atoms with van der Waals surface area (Å²) in [6.45, 7) is 1.68. The fourth-order valence-electron chi connectivity index (χ4n) is 2.16. The Kier molecular flexibility index (Phi) is 3.96. The van der Waals surface area contributed by atoms with Gasteiger partial charge >= 0.3 is 5.97 Å². The van der Waals surface area contributed by atoms with E-state index in [9.17, 15) is 9.59 Å². The summed E-state index contributed by atoms with van der Waals surface area (Å²) in [6, 6.07) is -0.634. The van der Waals surface area contributed by atoms with E-state index in [0.29, 0.717) is 19.8 Å². The molecule has 6 nitrogen and oxygen atoms in total. The van der Waals surface area contributed by atoms with Gasteiger partial charge in [-0.25, -0.2) is 4.79 Å². The summed E-state index contributed by atoms with van der Waals surface area (Å²) in [6.07, 6.45) is 1.22. The molecule has 0 radical (unpaired) electrons. The molecule has 0 spiro atoms. The molecular formula is C11H17NO5. The Morgan fingerprint density at radius 1 is 1.35 bits per heavy atom. The van der Waals surface area contributed by atoms with E-state index in [1.165, 1.54) is 12.0 Å². The molecule has 2 heterocycles. The van der Waals surface area contributed by atoms with Crippen molar-refractivity contribution in [1.82, 2.24) is 4.90 Å². The van der Waals surface area contributed by atoms with E-state index in [0.717, 1.165) is 12.8 Å². The molecule has 2 atom stereocenters. The zero-order valence-electron chi connectivity index (χ0n) is 9.89.